The van der Waals surface area contributed by atoms with E-state index in [2.05, 4.69) is 5.32 Å². The molecule has 2 rings (SSSR count). The topological polar surface area (TPSA) is 55.4 Å². The molecule has 0 aromatic heterocycles. The molecule has 0 unspecified atom stereocenters. The number of hydrogen-bond donors (Lipinski definition) is 1. The Hall–Kier alpha value is -1.78. The van der Waals surface area contributed by atoms with Gasteiger partial charge in [0.2, 0.25) is 11.6 Å². The number of rotatable bonds is 3. The Bertz CT molecular complexity index is 606. The standard InChI is InChI=1S/C13H9Cl2NO3/c1-19-13-9(15)11(17)10(8(14)12(13)18)16-7-5-3-2-4-6-7/h2-6,16H,1H3. The monoisotopic (exact) mass is 297 g/mol. The summed E-state index contributed by atoms with van der Waals surface area (Å²) in [5.41, 5.74) is 0.575. The summed E-state index contributed by atoms with van der Waals surface area (Å²) < 4.78 is 4.79. The number of benzene rings is 1. The van der Waals surface area contributed by atoms with E-state index < -0.39 is 11.6 Å². The van der Waals surface area contributed by atoms with Gasteiger partial charge in [0.05, 0.1) is 7.11 Å². The fourth-order valence-electron chi connectivity index (χ4n) is 1.59. The third kappa shape index (κ3) is 2.50. The van der Waals surface area contributed by atoms with Gasteiger partial charge in [-0.15, -0.1) is 0 Å². The molecule has 0 bridgehead atoms. The molecule has 0 heterocycles. The minimum atomic E-state index is -0.618. The summed E-state index contributed by atoms with van der Waals surface area (Å²) in [4.78, 5) is 23.9. The van der Waals surface area contributed by atoms with E-state index in [1.165, 1.54) is 7.11 Å². The van der Waals surface area contributed by atoms with Gasteiger partial charge < -0.3 is 10.1 Å². The summed E-state index contributed by atoms with van der Waals surface area (Å²) in [5, 5.41) is 2.27. The smallest absolute Gasteiger partial charge is 0.242 e. The van der Waals surface area contributed by atoms with E-state index >= 15 is 0 Å². The van der Waals surface area contributed by atoms with E-state index in [-0.39, 0.29) is 21.5 Å². The predicted molar refractivity (Wildman–Crippen MR) is 72.8 cm³/mol. The molecule has 6 heteroatoms. The van der Waals surface area contributed by atoms with Crippen LogP contribution in [0.2, 0.25) is 0 Å². The lowest BCUT2D eigenvalue weighted by atomic mass is 10.1. The van der Waals surface area contributed by atoms with Gasteiger partial charge in [-0.2, -0.15) is 0 Å². The van der Waals surface area contributed by atoms with Crippen LogP contribution in [0, 0.1) is 0 Å². The van der Waals surface area contributed by atoms with E-state index in [4.69, 9.17) is 27.9 Å². The molecule has 19 heavy (non-hydrogen) atoms. The first-order valence-electron chi connectivity index (χ1n) is 5.31. The zero-order chi connectivity index (χ0) is 14.0. The van der Waals surface area contributed by atoms with Crippen LogP contribution < -0.4 is 5.32 Å². The SMILES string of the molecule is COC1=C(Cl)C(=O)C(Nc2ccccc2)=C(Cl)C1=O. The van der Waals surface area contributed by atoms with Gasteiger partial charge >= 0.3 is 0 Å². The highest BCUT2D eigenvalue weighted by Gasteiger charge is 2.34. The Kier molecular flexibility index (Phi) is 3.93. The van der Waals surface area contributed by atoms with Crippen LogP contribution in [-0.2, 0) is 14.3 Å². The van der Waals surface area contributed by atoms with Crippen molar-refractivity contribution in [2.45, 2.75) is 0 Å². The van der Waals surface area contributed by atoms with Crippen molar-refractivity contribution in [3.63, 3.8) is 0 Å². The number of methoxy groups -OCH3 is 1. The number of anilines is 1. The number of para-hydroxylation sites is 1. The Morgan fingerprint density at radius 2 is 1.63 bits per heavy atom. The second-order valence-corrected chi connectivity index (χ2v) is 4.44. The van der Waals surface area contributed by atoms with E-state index in [0.717, 1.165) is 0 Å². The molecule has 4 nitrogen and oxygen atoms in total. The van der Waals surface area contributed by atoms with Gasteiger partial charge in [0, 0.05) is 5.69 Å². The number of ether oxygens (including phenoxy) is 1. The summed E-state index contributed by atoms with van der Waals surface area (Å²) >= 11 is 11.7. The Morgan fingerprint density at radius 3 is 2.21 bits per heavy atom. The van der Waals surface area contributed by atoms with E-state index in [1.807, 2.05) is 6.07 Å². The zero-order valence-corrected chi connectivity index (χ0v) is 11.4. The van der Waals surface area contributed by atoms with Crippen LogP contribution in [0.5, 0.6) is 0 Å². The van der Waals surface area contributed by atoms with Crippen LogP contribution in [0.15, 0.2) is 51.9 Å². The molecule has 0 saturated heterocycles. The van der Waals surface area contributed by atoms with Crippen molar-refractivity contribution in [1.29, 1.82) is 0 Å². The number of carbonyl (C=O) groups is 2. The summed E-state index contributed by atoms with van der Waals surface area (Å²) in [6.45, 7) is 0. The number of carbonyl (C=O) groups excluding carboxylic acids is 2. The molecule has 0 aliphatic heterocycles. The lowest BCUT2D eigenvalue weighted by molar-refractivity contribution is -0.117. The van der Waals surface area contributed by atoms with Crippen molar-refractivity contribution in [1.82, 2.24) is 0 Å². The average Bonchev–Trinajstić information content (AvgIpc) is 2.43. The quantitative estimate of drug-likeness (QED) is 0.872. The molecule has 98 valence electrons. The van der Waals surface area contributed by atoms with Crippen molar-refractivity contribution in [3.8, 4) is 0 Å². The molecule has 1 aliphatic carbocycles. The molecule has 0 amide bonds. The van der Waals surface area contributed by atoms with Crippen molar-refractivity contribution >= 4 is 40.5 Å². The molecular weight excluding hydrogens is 289 g/mol. The third-order valence-electron chi connectivity index (χ3n) is 2.50. The third-order valence-corrected chi connectivity index (χ3v) is 3.20. The van der Waals surface area contributed by atoms with Gasteiger partial charge in [0.15, 0.2) is 5.76 Å². The Labute approximate surface area is 119 Å². The number of allylic oxidation sites excluding steroid dienone is 2. The van der Waals surface area contributed by atoms with Gasteiger partial charge in [-0.05, 0) is 12.1 Å². The van der Waals surface area contributed by atoms with Gasteiger partial charge in [0.25, 0.3) is 0 Å². The highest BCUT2D eigenvalue weighted by molar-refractivity contribution is 6.56. The van der Waals surface area contributed by atoms with Crippen LogP contribution in [0.4, 0.5) is 5.69 Å². The Balaban J connectivity index is 2.39. The highest BCUT2D eigenvalue weighted by atomic mass is 35.5. The van der Waals surface area contributed by atoms with Crippen molar-refractivity contribution in [3.05, 3.63) is 51.9 Å². The maximum absolute atomic E-state index is 12.0. The van der Waals surface area contributed by atoms with Gasteiger partial charge in [-0.25, -0.2) is 0 Å². The summed E-state index contributed by atoms with van der Waals surface area (Å²) in [5.74, 6) is -1.44. The molecule has 1 aromatic rings. The Morgan fingerprint density at radius 1 is 1.00 bits per heavy atom. The molecule has 0 atom stereocenters. The molecule has 0 radical (unpaired) electrons. The molecule has 0 fully saturated rings. The van der Waals surface area contributed by atoms with E-state index in [9.17, 15) is 9.59 Å². The van der Waals surface area contributed by atoms with Gasteiger partial charge in [-0.1, -0.05) is 41.4 Å². The average molecular weight is 298 g/mol. The second kappa shape index (κ2) is 5.47. The normalized spacial score (nSPS) is 15.9. The number of hydrogen-bond acceptors (Lipinski definition) is 4. The van der Waals surface area contributed by atoms with Gasteiger partial charge in [0.1, 0.15) is 15.8 Å². The number of Topliss-reactive ketones (excluding diaryl/α,β-unsaturated/α-hetero) is 2. The van der Waals surface area contributed by atoms with Crippen LogP contribution in [0.1, 0.15) is 0 Å². The molecular formula is C13H9Cl2NO3. The maximum Gasteiger partial charge on any atom is 0.242 e. The summed E-state index contributed by atoms with van der Waals surface area (Å²) in [7, 11) is 1.25. The van der Waals surface area contributed by atoms with Crippen molar-refractivity contribution in [2.24, 2.45) is 0 Å². The zero-order valence-electron chi connectivity index (χ0n) is 9.87. The maximum atomic E-state index is 12.0. The fraction of sp³-hybridized carbons (Fsp3) is 0.0769. The minimum absolute atomic E-state index is 0.0522. The first kappa shape index (κ1) is 13.6. The number of halogens is 2. The lowest BCUT2D eigenvalue weighted by Gasteiger charge is -2.18. The number of nitrogens with one attached hydrogen (secondary N) is 1. The van der Waals surface area contributed by atoms with E-state index in [1.54, 1.807) is 24.3 Å². The summed E-state index contributed by atoms with van der Waals surface area (Å²) in [6.07, 6.45) is 0. The highest BCUT2D eigenvalue weighted by Crippen LogP contribution is 2.30. The molecule has 0 spiro atoms. The van der Waals surface area contributed by atoms with Crippen LogP contribution in [0.3, 0.4) is 0 Å². The van der Waals surface area contributed by atoms with Gasteiger partial charge in [-0.3, -0.25) is 9.59 Å². The fourth-order valence-corrected chi connectivity index (χ4v) is 2.06. The van der Waals surface area contributed by atoms with Crippen LogP contribution in [-0.4, -0.2) is 18.7 Å². The molecule has 1 aliphatic rings. The lowest BCUT2D eigenvalue weighted by Crippen LogP contribution is -2.25. The first-order chi connectivity index (χ1) is 9.06. The first-order valence-corrected chi connectivity index (χ1v) is 6.07. The second-order valence-electron chi connectivity index (χ2n) is 3.69. The number of ketones is 2. The molecule has 0 saturated carbocycles. The minimum Gasteiger partial charge on any atom is -0.491 e. The molecule has 1 aromatic carbocycles. The van der Waals surface area contributed by atoms with Crippen LogP contribution >= 0.6 is 23.2 Å². The van der Waals surface area contributed by atoms with E-state index in [0.29, 0.717) is 5.69 Å². The van der Waals surface area contributed by atoms with Crippen molar-refractivity contribution in [2.75, 3.05) is 12.4 Å². The summed E-state index contributed by atoms with van der Waals surface area (Å²) in [6, 6.07) is 8.86. The molecule has 1 N–H and O–H groups in total. The predicted octanol–water partition coefficient (Wildman–Crippen LogP) is 2.80. The van der Waals surface area contributed by atoms with Crippen molar-refractivity contribution < 1.29 is 14.3 Å². The largest absolute Gasteiger partial charge is 0.491 e. The van der Waals surface area contributed by atoms with Crippen LogP contribution in [0.25, 0.3) is 0 Å².